The van der Waals surface area contributed by atoms with Gasteiger partial charge in [0.25, 0.3) is 0 Å². The summed E-state index contributed by atoms with van der Waals surface area (Å²) in [6.45, 7) is 7.33. The van der Waals surface area contributed by atoms with Gasteiger partial charge in [0.1, 0.15) is 12.2 Å². The average molecular weight is 376 g/mol. The molecule has 0 amide bonds. The minimum Gasteiger partial charge on any atom is -0.320 e. The normalized spacial score (nSPS) is 11.7. The van der Waals surface area contributed by atoms with Crippen molar-refractivity contribution in [1.82, 2.24) is 4.98 Å². The lowest BCUT2D eigenvalue weighted by Crippen LogP contribution is -2.49. The zero-order valence-electron chi connectivity index (χ0n) is 18.2. The second kappa shape index (κ2) is 14.8. The molecule has 0 bridgehead atoms. The first-order valence-corrected chi connectivity index (χ1v) is 11.4. The van der Waals surface area contributed by atoms with E-state index in [9.17, 15) is 4.79 Å². The van der Waals surface area contributed by atoms with Crippen LogP contribution in [-0.4, -0.2) is 41.9 Å². The number of pyridine rings is 1. The number of carbonyl (C=O) groups excluding carboxylic acids is 1. The van der Waals surface area contributed by atoms with Crippen molar-refractivity contribution in [1.29, 1.82) is 0 Å². The lowest BCUT2D eigenvalue weighted by Gasteiger charge is -2.34. The first-order valence-electron chi connectivity index (χ1n) is 11.4. The topological polar surface area (TPSA) is 30.0 Å². The minimum absolute atomic E-state index is 0.190. The van der Waals surface area contributed by atoms with Crippen molar-refractivity contribution in [2.45, 2.75) is 90.9 Å². The van der Waals surface area contributed by atoms with Crippen molar-refractivity contribution in [3.8, 4) is 0 Å². The molecule has 0 aliphatic rings. The number of rotatable bonds is 17. The van der Waals surface area contributed by atoms with Gasteiger partial charge in [-0.1, -0.05) is 71.3 Å². The zero-order valence-corrected chi connectivity index (χ0v) is 18.2. The number of unbranched alkanes of at least 4 members (excludes halogenated alkanes) is 10. The predicted molar refractivity (Wildman–Crippen MR) is 116 cm³/mol. The fourth-order valence-corrected chi connectivity index (χ4v) is 3.77. The smallest absolute Gasteiger partial charge is 0.235 e. The highest BCUT2D eigenvalue weighted by Crippen LogP contribution is 2.15. The van der Waals surface area contributed by atoms with Crippen LogP contribution in [0, 0.1) is 0 Å². The maximum atomic E-state index is 12.7. The van der Waals surface area contributed by atoms with Crippen molar-refractivity contribution in [3.05, 3.63) is 30.1 Å². The van der Waals surface area contributed by atoms with E-state index in [-0.39, 0.29) is 5.78 Å². The number of hydrogen-bond acceptors (Lipinski definition) is 2. The van der Waals surface area contributed by atoms with Crippen LogP contribution >= 0.6 is 0 Å². The van der Waals surface area contributed by atoms with Gasteiger partial charge in [-0.25, -0.2) is 0 Å². The van der Waals surface area contributed by atoms with Crippen molar-refractivity contribution < 1.29 is 9.28 Å². The number of aromatic nitrogens is 1. The number of hydrogen-bond donors (Lipinski definition) is 0. The molecule has 27 heavy (non-hydrogen) atoms. The monoisotopic (exact) mass is 375 g/mol. The summed E-state index contributed by atoms with van der Waals surface area (Å²) in [6.07, 6.45) is 17.4. The van der Waals surface area contributed by atoms with E-state index in [4.69, 9.17) is 0 Å². The van der Waals surface area contributed by atoms with Crippen molar-refractivity contribution in [3.63, 3.8) is 0 Å². The standard InChI is InChI=1S/C24H43N2O/c1-4-6-8-10-12-16-20-26(3,21-17-13-11-9-7-5-2)22-24(27)23-18-14-15-19-25-23/h14-15,18-19H,4-13,16-17,20-22H2,1-3H3/q+1. The van der Waals surface area contributed by atoms with E-state index in [2.05, 4.69) is 25.9 Å². The molecule has 3 nitrogen and oxygen atoms in total. The molecule has 1 heterocycles. The lowest BCUT2D eigenvalue weighted by atomic mass is 10.1. The summed E-state index contributed by atoms with van der Waals surface area (Å²) in [5.41, 5.74) is 0.618. The second-order valence-corrected chi connectivity index (χ2v) is 8.40. The molecular weight excluding hydrogens is 332 g/mol. The third-order valence-electron chi connectivity index (χ3n) is 5.58. The summed E-state index contributed by atoms with van der Waals surface area (Å²) in [5, 5.41) is 0. The van der Waals surface area contributed by atoms with Gasteiger partial charge >= 0.3 is 0 Å². The van der Waals surface area contributed by atoms with Crippen LogP contribution in [-0.2, 0) is 0 Å². The predicted octanol–water partition coefficient (Wildman–Crippen LogP) is 6.43. The Morgan fingerprint density at radius 1 is 0.815 bits per heavy atom. The lowest BCUT2D eigenvalue weighted by molar-refractivity contribution is -0.902. The van der Waals surface area contributed by atoms with Crippen molar-refractivity contribution in [2.24, 2.45) is 0 Å². The largest absolute Gasteiger partial charge is 0.320 e. The molecule has 0 unspecified atom stereocenters. The molecule has 0 saturated carbocycles. The molecule has 154 valence electrons. The van der Waals surface area contributed by atoms with Gasteiger partial charge in [-0.15, -0.1) is 0 Å². The van der Waals surface area contributed by atoms with Crippen molar-refractivity contribution in [2.75, 3.05) is 26.7 Å². The van der Waals surface area contributed by atoms with E-state index in [1.165, 1.54) is 77.0 Å². The number of carbonyl (C=O) groups is 1. The number of Topliss-reactive ketones (excluding diaryl/α,β-unsaturated/α-hetero) is 1. The summed E-state index contributed by atoms with van der Waals surface area (Å²) in [6, 6.07) is 5.63. The van der Waals surface area contributed by atoms with Gasteiger partial charge in [0.15, 0.2) is 0 Å². The number of quaternary nitrogens is 1. The van der Waals surface area contributed by atoms with Gasteiger partial charge in [0.2, 0.25) is 5.78 Å². The van der Waals surface area contributed by atoms with E-state index in [1.54, 1.807) is 6.20 Å². The van der Waals surface area contributed by atoms with Crippen LogP contribution in [0.15, 0.2) is 24.4 Å². The summed E-state index contributed by atoms with van der Waals surface area (Å²) < 4.78 is 0.872. The molecule has 1 aromatic rings. The van der Waals surface area contributed by atoms with E-state index >= 15 is 0 Å². The molecule has 1 rings (SSSR count). The first kappa shape index (κ1) is 23.8. The van der Waals surface area contributed by atoms with Crippen LogP contribution < -0.4 is 0 Å². The Labute approximate surface area is 168 Å². The maximum Gasteiger partial charge on any atom is 0.235 e. The Morgan fingerprint density at radius 3 is 1.81 bits per heavy atom. The Morgan fingerprint density at radius 2 is 1.33 bits per heavy atom. The maximum absolute atomic E-state index is 12.7. The Bertz CT molecular complexity index is 470. The summed E-state index contributed by atoms with van der Waals surface area (Å²) in [7, 11) is 2.28. The third-order valence-corrected chi connectivity index (χ3v) is 5.58. The van der Waals surface area contributed by atoms with Gasteiger partial charge in [0.05, 0.1) is 20.1 Å². The molecule has 3 heteroatoms. The third kappa shape index (κ3) is 11.3. The molecule has 0 spiro atoms. The molecular formula is C24H43N2O+. The van der Waals surface area contributed by atoms with Crippen LogP contribution in [0.1, 0.15) is 101 Å². The Hall–Kier alpha value is -1.22. The van der Waals surface area contributed by atoms with Gasteiger partial charge in [-0.2, -0.15) is 0 Å². The number of nitrogens with zero attached hydrogens (tertiary/aromatic N) is 2. The quantitative estimate of drug-likeness (QED) is 0.178. The molecule has 0 fully saturated rings. The summed E-state index contributed by atoms with van der Waals surface area (Å²) >= 11 is 0. The van der Waals surface area contributed by atoms with E-state index in [1.807, 2.05) is 18.2 Å². The van der Waals surface area contributed by atoms with Crippen LogP contribution in [0.4, 0.5) is 0 Å². The molecule has 0 aromatic carbocycles. The van der Waals surface area contributed by atoms with E-state index in [0.717, 1.165) is 17.6 Å². The highest BCUT2D eigenvalue weighted by molar-refractivity contribution is 5.95. The van der Waals surface area contributed by atoms with Gasteiger partial charge < -0.3 is 4.48 Å². The molecule has 0 aliphatic heterocycles. The highest BCUT2D eigenvalue weighted by atomic mass is 16.1. The second-order valence-electron chi connectivity index (χ2n) is 8.40. The van der Waals surface area contributed by atoms with E-state index < -0.39 is 0 Å². The minimum atomic E-state index is 0.190. The van der Waals surface area contributed by atoms with Gasteiger partial charge in [0, 0.05) is 6.20 Å². The van der Waals surface area contributed by atoms with Crippen molar-refractivity contribution >= 4 is 5.78 Å². The molecule has 1 aromatic heterocycles. The van der Waals surface area contributed by atoms with Crippen LogP contribution in [0.5, 0.6) is 0 Å². The zero-order chi connectivity index (χ0) is 19.8. The Balaban J connectivity index is 2.49. The molecule has 0 radical (unpaired) electrons. The summed E-state index contributed by atoms with van der Waals surface area (Å²) in [5.74, 6) is 0.190. The van der Waals surface area contributed by atoms with Gasteiger partial charge in [-0.3, -0.25) is 9.78 Å². The molecule has 0 aliphatic carbocycles. The van der Waals surface area contributed by atoms with Crippen LogP contribution in [0.25, 0.3) is 0 Å². The first-order chi connectivity index (χ1) is 13.1. The van der Waals surface area contributed by atoms with Crippen LogP contribution in [0.2, 0.25) is 0 Å². The fourth-order valence-electron chi connectivity index (χ4n) is 3.77. The Kier molecular flexibility index (Phi) is 13.0. The highest BCUT2D eigenvalue weighted by Gasteiger charge is 2.25. The van der Waals surface area contributed by atoms with E-state index in [0.29, 0.717) is 12.2 Å². The fraction of sp³-hybridized carbons (Fsp3) is 0.750. The number of likely N-dealkylation sites (N-methyl/N-ethyl adjacent to an activating group) is 1. The van der Waals surface area contributed by atoms with Gasteiger partial charge in [-0.05, 0) is 37.8 Å². The van der Waals surface area contributed by atoms with Crippen LogP contribution in [0.3, 0.4) is 0 Å². The average Bonchev–Trinajstić information content (AvgIpc) is 2.68. The molecule has 0 N–H and O–H groups in total. The molecule has 0 saturated heterocycles. The number of ketones is 1. The molecule has 0 atom stereocenters. The summed E-state index contributed by atoms with van der Waals surface area (Å²) in [4.78, 5) is 17.0. The SMILES string of the molecule is CCCCCCCC[N+](C)(CCCCCCCC)CC(=O)c1ccccn1.